The first-order chi connectivity index (χ1) is 13.2. The molecule has 0 amide bonds. The first-order valence-electron chi connectivity index (χ1n) is 8.19. The lowest BCUT2D eigenvalue weighted by atomic mass is 9.80. The van der Waals surface area contributed by atoms with Crippen LogP contribution in [0, 0.1) is 10.1 Å². The van der Waals surface area contributed by atoms with Gasteiger partial charge in [-0.3, -0.25) is 14.9 Å². The molecule has 0 N–H and O–H groups in total. The zero-order valence-corrected chi connectivity index (χ0v) is 15.3. The van der Waals surface area contributed by atoms with Gasteiger partial charge in [-0.2, -0.15) is 13.2 Å². The van der Waals surface area contributed by atoms with Crippen molar-refractivity contribution in [3.8, 4) is 0 Å². The second-order valence-corrected chi connectivity index (χ2v) is 6.95. The number of hydrogen-bond acceptors (Lipinski definition) is 5. The molecular formula is C19H16F3NO4S. The number of carbonyl (C=O) groups is 2. The minimum absolute atomic E-state index is 0.0794. The summed E-state index contributed by atoms with van der Waals surface area (Å²) in [6.45, 7) is 0. The number of halogens is 3. The van der Waals surface area contributed by atoms with Crippen molar-refractivity contribution in [3.63, 3.8) is 0 Å². The smallest absolute Gasteiger partial charge is 0.303 e. The third-order valence-electron chi connectivity index (χ3n) is 4.08. The molecule has 0 spiro atoms. The van der Waals surface area contributed by atoms with Crippen LogP contribution in [0.3, 0.4) is 0 Å². The highest BCUT2D eigenvalue weighted by atomic mass is 32.2. The highest BCUT2D eigenvalue weighted by molar-refractivity contribution is 8.13. The van der Waals surface area contributed by atoms with Gasteiger partial charge in [0.2, 0.25) is 0 Å². The van der Waals surface area contributed by atoms with E-state index in [1.54, 1.807) is 30.3 Å². The Bertz CT molecular complexity index is 825. The zero-order chi connectivity index (χ0) is 20.7. The normalized spacial score (nSPS) is 13.5. The topological polar surface area (TPSA) is 77.3 Å². The number of thioether (sulfide) groups is 1. The maximum Gasteiger partial charge on any atom is 0.398 e. The summed E-state index contributed by atoms with van der Waals surface area (Å²) < 4.78 is 37.8. The summed E-state index contributed by atoms with van der Waals surface area (Å²) in [6, 6.07) is 13.6. The van der Waals surface area contributed by atoms with Gasteiger partial charge in [-0.15, -0.1) is 0 Å². The number of nitro groups is 1. The molecule has 0 radical (unpaired) electrons. The molecule has 0 aliphatic heterocycles. The van der Waals surface area contributed by atoms with E-state index in [1.807, 2.05) is 0 Å². The Kier molecular flexibility index (Phi) is 7.33. The number of carbonyl (C=O) groups excluding carboxylic acids is 2. The number of rotatable bonds is 8. The first kappa shape index (κ1) is 21.6. The van der Waals surface area contributed by atoms with Crippen molar-refractivity contribution in [2.24, 2.45) is 0 Å². The van der Waals surface area contributed by atoms with Crippen molar-refractivity contribution < 1.29 is 27.7 Å². The summed E-state index contributed by atoms with van der Waals surface area (Å²) in [5, 5.41) is 10.1. The molecule has 0 unspecified atom stereocenters. The van der Waals surface area contributed by atoms with Crippen molar-refractivity contribution in [1.82, 2.24) is 0 Å². The van der Waals surface area contributed by atoms with Crippen LogP contribution >= 0.6 is 11.8 Å². The van der Waals surface area contributed by atoms with Gasteiger partial charge in [0.15, 0.2) is 5.12 Å². The van der Waals surface area contributed by atoms with Crippen molar-refractivity contribution in [3.05, 3.63) is 75.8 Å². The first-order valence-corrected chi connectivity index (χ1v) is 9.18. The van der Waals surface area contributed by atoms with Crippen LogP contribution in [0.5, 0.6) is 0 Å². The van der Waals surface area contributed by atoms with E-state index in [9.17, 15) is 32.9 Å². The third-order valence-corrected chi connectivity index (χ3v) is 5.09. The highest BCUT2D eigenvalue weighted by Gasteiger charge is 2.35. The van der Waals surface area contributed by atoms with Gasteiger partial charge in [-0.25, -0.2) is 0 Å². The Hall–Kier alpha value is -2.68. The number of hydrogen-bond donors (Lipinski definition) is 0. The van der Waals surface area contributed by atoms with Gasteiger partial charge in [-0.05, 0) is 11.1 Å². The van der Waals surface area contributed by atoms with Crippen molar-refractivity contribution in [1.29, 1.82) is 0 Å². The van der Waals surface area contributed by atoms with Crippen LogP contribution in [-0.4, -0.2) is 28.3 Å². The van der Waals surface area contributed by atoms with E-state index in [2.05, 4.69) is 0 Å². The molecular weight excluding hydrogens is 395 g/mol. The lowest BCUT2D eigenvalue weighted by molar-refractivity contribution is -0.384. The molecule has 0 fully saturated rings. The molecule has 2 aromatic carbocycles. The Morgan fingerprint density at radius 1 is 1.07 bits per heavy atom. The number of alkyl halides is 3. The minimum atomic E-state index is -4.52. The van der Waals surface area contributed by atoms with E-state index in [0.29, 0.717) is 17.4 Å². The molecule has 0 aromatic heterocycles. The van der Waals surface area contributed by atoms with E-state index in [4.69, 9.17) is 0 Å². The maximum absolute atomic E-state index is 12.7. The second-order valence-electron chi connectivity index (χ2n) is 5.97. The predicted molar refractivity (Wildman–Crippen MR) is 99.2 cm³/mol. The highest BCUT2D eigenvalue weighted by Crippen LogP contribution is 2.40. The third kappa shape index (κ3) is 5.91. The molecule has 0 aliphatic rings. The summed E-state index contributed by atoms with van der Waals surface area (Å²) in [5.41, 5.74) is 0.740. The van der Waals surface area contributed by atoms with E-state index >= 15 is 0 Å². The fraction of sp³-hybridized carbons (Fsp3) is 0.263. The van der Waals surface area contributed by atoms with Crippen molar-refractivity contribution in [2.45, 2.75) is 24.4 Å². The second kappa shape index (κ2) is 9.50. The van der Waals surface area contributed by atoms with Crippen LogP contribution < -0.4 is 0 Å². The average molecular weight is 411 g/mol. The van der Waals surface area contributed by atoms with Gasteiger partial charge < -0.3 is 4.79 Å². The van der Waals surface area contributed by atoms with Crippen LogP contribution in [0.15, 0.2) is 54.6 Å². The Labute approximate surface area is 163 Å². The SMILES string of the molecule is O=CC[C@@H](c1ccccc1)[C@H](C(=O)SCC(F)(F)F)c1ccc([N+](=O)[O-])cc1. The number of aldehydes is 1. The Morgan fingerprint density at radius 3 is 2.18 bits per heavy atom. The van der Waals surface area contributed by atoms with Crippen molar-refractivity contribution >= 4 is 28.9 Å². The zero-order valence-electron chi connectivity index (χ0n) is 14.5. The van der Waals surface area contributed by atoms with Crippen LogP contribution in [0.1, 0.15) is 29.4 Å². The lowest BCUT2D eigenvalue weighted by Crippen LogP contribution is -2.22. The van der Waals surface area contributed by atoms with E-state index in [0.717, 1.165) is 0 Å². The average Bonchev–Trinajstić information content (AvgIpc) is 2.66. The molecule has 2 rings (SSSR count). The van der Waals surface area contributed by atoms with Crippen LogP contribution in [0.25, 0.3) is 0 Å². The van der Waals surface area contributed by atoms with Gasteiger partial charge in [-0.1, -0.05) is 54.2 Å². The molecule has 148 valence electrons. The Balaban J connectivity index is 2.45. The molecule has 0 bridgehead atoms. The fourth-order valence-corrected chi connectivity index (χ4v) is 3.63. The molecule has 2 aromatic rings. The summed E-state index contributed by atoms with van der Waals surface area (Å²) in [7, 11) is 0. The Morgan fingerprint density at radius 2 is 1.68 bits per heavy atom. The van der Waals surface area contributed by atoms with Gasteiger partial charge >= 0.3 is 6.18 Å². The molecule has 0 saturated carbocycles. The van der Waals surface area contributed by atoms with E-state index in [-0.39, 0.29) is 23.9 Å². The van der Waals surface area contributed by atoms with Crippen LogP contribution in [0.2, 0.25) is 0 Å². The quantitative estimate of drug-likeness (QED) is 0.352. The number of non-ortho nitro benzene ring substituents is 1. The largest absolute Gasteiger partial charge is 0.398 e. The minimum Gasteiger partial charge on any atom is -0.303 e. The number of nitro benzene ring substituents is 1. The predicted octanol–water partition coefficient (Wildman–Crippen LogP) is 4.87. The fourth-order valence-electron chi connectivity index (χ4n) is 2.85. The van der Waals surface area contributed by atoms with Crippen molar-refractivity contribution in [2.75, 3.05) is 5.75 Å². The molecule has 28 heavy (non-hydrogen) atoms. The summed E-state index contributed by atoms with van der Waals surface area (Å²) in [4.78, 5) is 34.2. The molecule has 0 saturated heterocycles. The van der Waals surface area contributed by atoms with Crippen LogP contribution in [-0.2, 0) is 9.59 Å². The monoisotopic (exact) mass is 411 g/mol. The van der Waals surface area contributed by atoms with E-state index in [1.165, 1.54) is 24.3 Å². The summed E-state index contributed by atoms with van der Waals surface area (Å²) in [6.07, 6.45) is -3.99. The molecule has 9 heteroatoms. The van der Waals surface area contributed by atoms with E-state index < -0.39 is 33.8 Å². The molecule has 0 aliphatic carbocycles. The van der Waals surface area contributed by atoms with Gasteiger partial charge in [0.05, 0.1) is 16.6 Å². The summed E-state index contributed by atoms with van der Waals surface area (Å²) >= 11 is 0.132. The van der Waals surface area contributed by atoms with Gasteiger partial charge in [0, 0.05) is 24.5 Å². The summed E-state index contributed by atoms with van der Waals surface area (Å²) in [5.74, 6) is -3.09. The standard InChI is InChI=1S/C19H16F3NO4S/c20-19(21,22)12-28-18(25)17(14-6-8-15(9-7-14)23(26)27)16(10-11-24)13-4-2-1-3-5-13/h1-9,11,16-17H,10,12H2/t16-,17+/m0/s1. The molecule has 2 atom stereocenters. The maximum atomic E-state index is 12.7. The number of nitrogens with zero attached hydrogens (tertiary/aromatic N) is 1. The lowest BCUT2D eigenvalue weighted by Gasteiger charge is -2.25. The van der Waals surface area contributed by atoms with Gasteiger partial charge in [0.25, 0.3) is 5.69 Å². The molecule has 5 nitrogen and oxygen atoms in total. The van der Waals surface area contributed by atoms with Crippen LogP contribution in [0.4, 0.5) is 18.9 Å². The number of benzene rings is 2. The van der Waals surface area contributed by atoms with Gasteiger partial charge in [0.1, 0.15) is 6.29 Å². The molecule has 0 heterocycles.